The lowest BCUT2D eigenvalue weighted by Gasteiger charge is -2.31. The number of carbonyl (C=O) groups excluding carboxylic acids is 1. The van der Waals surface area contributed by atoms with Gasteiger partial charge in [-0.15, -0.1) is 0 Å². The second kappa shape index (κ2) is 5.48. The summed E-state index contributed by atoms with van der Waals surface area (Å²) >= 11 is 0. The summed E-state index contributed by atoms with van der Waals surface area (Å²) in [7, 11) is 0. The van der Waals surface area contributed by atoms with Crippen LogP contribution in [-0.2, 0) is 10.3 Å². The van der Waals surface area contributed by atoms with Gasteiger partial charge in [0.25, 0.3) is 0 Å². The lowest BCUT2D eigenvalue weighted by atomic mass is 9.93. The van der Waals surface area contributed by atoms with Crippen LogP contribution in [0.2, 0.25) is 0 Å². The maximum absolute atomic E-state index is 11.8. The Morgan fingerprint density at radius 1 is 1.32 bits per heavy atom. The van der Waals surface area contributed by atoms with Crippen molar-refractivity contribution >= 4 is 6.09 Å². The summed E-state index contributed by atoms with van der Waals surface area (Å²) < 4.78 is 5.16. The zero-order chi connectivity index (χ0) is 14.7. The highest BCUT2D eigenvalue weighted by atomic mass is 16.6. The maximum Gasteiger partial charge on any atom is 0.408 e. The Bertz CT molecular complexity index is 453. The fourth-order valence-corrected chi connectivity index (χ4v) is 1.58. The van der Waals surface area contributed by atoms with Gasteiger partial charge >= 0.3 is 6.09 Å². The van der Waals surface area contributed by atoms with Crippen LogP contribution in [0.15, 0.2) is 24.3 Å². The molecule has 1 aromatic rings. The summed E-state index contributed by atoms with van der Waals surface area (Å²) in [6.07, 6.45) is -0.618. The summed E-state index contributed by atoms with van der Waals surface area (Å²) in [6.45, 7) is 6.63. The Morgan fingerprint density at radius 3 is 2.42 bits per heavy atom. The Kier molecular flexibility index (Phi) is 4.42. The fourth-order valence-electron chi connectivity index (χ4n) is 1.58. The first-order chi connectivity index (χ1) is 8.66. The number of nitrogens with one attached hydrogen (secondary N) is 1. The standard InChI is InChI=1S/C14H21NO4/c1-13(2,3)19-12(18)15-14(4,9-16)10-6-5-7-11(17)8-10/h5-8,16-17H,9H2,1-4H3,(H,15,18). The van der Waals surface area contributed by atoms with Gasteiger partial charge in [-0.3, -0.25) is 0 Å². The molecule has 1 aromatic carbocycles. The number of amides is 1. The molecule has 1 unspecified atom stereocenters. The Labute approximate surface area is 113 Å². The van der Waals surface area contributed by atoms with Crippen molar-refractivity contribution in [3.05, 3.63) is 29.8 Å². The van der Waals surface area contributed by atoms with E-state index in [-0.39, 0.29) is 12.4 Å². The third kappa shape index (κ3) is 4.44. The molecule has 1 atom stereocenters. The lowest BCUT2D eigenvalue weighted by molar-refractivity contribution is 0.0411. The Balaban J connectivity index is 2.90. The predicted octanol–water partition coefficient (Wildman–Crippen LogP) is 2.12. The molecule has 3 N–H and O–H groups in total. The molecule has 0 saturated heterocycles. The van der Waals surface area contributed by atoms with E-state index in [0.29, 0.717) is 5.56 Å². The molecule has 0 aliphatic carbocycles. The van der Waals surface area contributed by atoms with Gasteiger partial charge in [0.05, 0.1) is 12.1 Å². The van der Waals surface area contributed by atoms with Crippen molar-refractivity contribution in [1.82, 2.24) is 5.32 Å². The first kappa shape index (κ1) is 15.3. The van der Waals surface area contributed by atoms with E-state index < -0.39 is 17.2 Å². The van der Waals surface area contributed by atoms with Crippen molar-refractivity contribution in [3.63, 3.8) is 0 Å². The van der Waals surface area contributed by atoms with Crippen molar-refractivity contribution in [2.75, 3.05) is 6.61 Å². The SMILES string of the molecule is CC(C)(C)OC(=O)NC(C)(CO)c1cccc(O)c1. The number of rotatable bonds is 3. The van der Waals surface area contributed by atoms with Crippen LogP contribution in [0, 0.1) is 0 Å². The number of ether oxygens (including phenoxy) is 1. The fraction of sp³-hybridized carbons (Fsp3) is 0.500. The maximum atomic E-state index is 11.8. The van der Waals surface area contributed by atoms with Gasteiger partial charge in [0.2, 0.25) is 0 Å². The quantitative estimate of drug-likeness (QED) is 0.784. The molecular weight excluding hydrogens is 246 g/mol. The third-order valence-electron chi connectivity index (χ3n) is 2.58. The van der Waals surface area contributed by atoms with Gasteiger partial charge in [-0.1, -0.05) is 12.1 Å². The van der Waals surface area contributed by atoms with Crippen LogP contribution in [0.4, 0.5) is 4.79 Å². The van der Waals surface area contributed by atoms with Gasteiger partial charge < -0.3 is 20.3 Å². The largest absolute Gasteiger partial charge is 0.508 e. The van der Waals surface area contributed by atoms with Gasteiger partial charge in [-0.25, -0.2) is 4.79 Å². The minimum Gasteiger partial charge on any atom is -0.508 e. The van der Waals surface area contributed by atoms with E-state index in [9.17, 15) is 15.0 Å². The number of alkyl carbamates (subject to hydrolysis) is 1. The number of aromatic hydroxyl groups is 1. The molecule has 106 valence electrons. The van der Waals surface area contributed by atoms with Crippen molar-refractivity contribution < 1.29 is 19.7 Å². The van der Waals surface area contributed by atoms with E-state index in [1.54, 1.807) is 39.8 Å². The Hall–Kier alpha value is -1.75. The van der Waals surface area contributed by atoms with Gasteiger partial charge in [0, 0.05) is 0 Å². The normalized spacial score (nSPS) is 14.6. The minimum absolute atomic E-state index is 0.0724. The zero-order valence-corrected chi connectivity index (χ0v) is 11.7. The number of hydrogen-bond donors (Lipinski definition) is 3. The molecule has 0 bridgehead atoms. The summed E-state index contributed by atoms with van der Waals surface area (Å²) in [5.74, 6) is 0.0724. The molecule has 5 heteroatoms. The van der Waals surface area contributed by atoms with E-state index in [0.717, 1.165) is 0 Å². The number of phenols is 1. The highest BCUT2D eigenvalue weighted by Gasteiger charge is 2.30. The second-order valence-corrected chi connectivity index (χ2v) is 5.67. The van der Waals surface area contributed by atoms with Crippen LogP contribution in [-0.4, -0.2) is 28.5 Å². The molecule has 1 amide bonds. The molecule has 0 saturated carbocycles. The topological polar surface area (TPSA) is 78.8 Å². The van der Waals surface area contributed by atoms with Gasteiger partial charge in [-0.05, 0) is 45.4 Å². The molecule has 0 aliphatic heterocycles. The average molecular weight is 267 g/mol. The number of benzene rings is 1. The second-order valence-electron chi connectivity index (χ2n) is 5.67. The number of hydrogen-bond acceptors (Lipinski definition) is 4. The molecule has 1 rings (SSSR count). The first-order valence-corrected chi connectivity index (χ1v) is 6.08. The van der Waals surface area contributed by atoms with Crippen LogP contribution in [0.5, 0.6) is 5.75 Å². The molecule has 5 nitrogen and oxygen atoms in total. The monoisotopic (exact) mass is 267 g/mol. The third-order valence-corrected chi connectivity index (χ3v) is 2.58. The lowest BCUT2D eigenvalue weighted by Crippen LogP contribution is -2.48. The highest BCUT2D eigenvalue weighted by Crippen LogP contribution is 2.24. The minimum atomic E-state index is -1.01. The van der Waals surface area contributed by atoms with Crippen molar-refractivity contribution in [1.29, 1.82) is 0 Å². The van der Waals surface area contributed by atoms with Crippen molar-refractivity contribution in [2.24, 2.45) is 0 Å². The average Bonchev–Trinajstić information content (AvgIpc) is 2.26. The van der Waals surface area contributed by atoms with Gasteiger partial charge in [0.1, 0.15) is 11.4 Å². The summed E-state index contributed by atoms with van der Waals surface area (Å²) in [6, 6.07) is 6.38. The molecule has 0 heterocycles. The van der Waals surface area contributed by atoms with E-state index in [1.165, 1.54) is 12.1 Å². The van der Waals surface area contributed by atoms with Crippen molar-refractivity contribution in [3.8, 4) is 5.75 Å². The molecule has 0 spiro atoms. The first-order valence-electron chi connectivity index (χ1n) is 6.08. The molecule has 0 radical (unpaired) electrons. The predicted molar refractivity (Wildman–Crippen MR) is 71.9 cm³/mol. The highest BCUT2D eigenvalue weighted by molar-refractivity contribution is 5.69. The van der Waals surface area contributed by atoms with Crippen molar-refractivity contribution in [2.45, 2.75) is 38.8 Å². The van der Waals surface area contributed by atoms with Crippen LogP contribution >= 0.6 is 0 Å². The number of carbonyl (C=O) groups is 1. The molecule has 19 heavy (non-hydrogen) atoms. The summed E-state index contributed by atoms with van der Waals surface area (Å²) in [5, 5.41) is 21.6. The van der Waals surface area contributed by atoms with Crippen LogP contribution in [0.3, 0.4) is 0 Å². The van der Waals surface area contributed by atoms with Gasteiger partial charge in [-0.2, -0.15) is 0 Å². The van der Waals surface area contributed by atoms with Gasteiger partial charge in [0.15, 0.2) is 0 Å². The zero-order valence-electron chi connectivity index (χ0n) is 11.7. The molecular formula is C14H21NO4. The Morgan fingerprint density at radius 2 is 1.95 bits per heavy atom. The van der Waals surface area contributed by atoms with Crippen LogP contribution < -0.4 is 5.32 Å². The van der Waals surface area contributed by atoms with E-state index in [1.807, 2.05) is 0 Å². The van der Waals surface area contributed by atoms with E-state index in [2.05, 4.69) is 5.32 Å². The molecule has 0 fully saturated rings. The number of aliphatic hydroxyl groups is 1. The van der Waals surface area contributed by atoms with Crippen LogP contribution in [0.1, 0.15) is 33.3 Å². The summed E-state index contributed by atoms with van der Waals surface area (Å²) in [4.78, 5) is 11.8. The number of aliphatic hydroxyl groups excluding tert-OH is 1. The van der Waals surface area contributed by atoms with E-state index in [4.69, 9.17) is 4.74 Å². The van der Waals surface area contributed by atoms with Crippen LogP contribution in [0.25, 0.3) is 0 Å². The smallest absolute Gasteiger partial charge is 0.408 e. The molecule has 0 aliphatic rings. The summed E-state index contributed by atoms with van der Waals surface area (Å²) in [5.41, 5.74) is -1.03. The van der Waals surface area contributed by atoms with E-state index >= 15 is 0 Å². The molecule has 0 aromatic heterocycles. The number of phenolic OH excluding ortho intramolecular Hbond substituents is 1.